The molecular formula is C13H17N5OS. The minimum absolute atomic E-state index is 0.395. The minimum Gasteiger partial charge on any atom is -0.389 e. The van der Waals surface area contributed by atoms with E-state index in [1.54, 1.807) is 13.1 Å². The smallest absolute Gasteiger partial charge is 0.215 e. The Morgan fingerprint density at radius 2 is 2.20 bits per heavy atom. The van der Waals surface area contributed by atoms with Crippen molar-refractivity contribution in [2.45, 2.75) is 54.9 Å². The maximum absolute atomic E-state index is 9.80. The molecule has 2 aromatic rings. The molecule has 0 spiro atoms. The maximum atomic E-state index is 9.80. The average Bonchev–Trinajstić information content (AvgIpc) is 3.09. The van der Waals surface area contributed by atoms with E-state index < -0.39 is 6.10 Å². The quantitative estimate of drug-likeness (QED) is 0.932. The van der Waals surface area contributed by atoms with Gasteiger partial charge in [0.1, 0.15) is 5.03 Å². The van der Waals surface area contributed by atoms with Gasteiger partial charge in [-0.05, 0) is 48.0 Å². The second-order valence-corrected chi connectivity index (χ2v) is 5.98. The Kier molecular flexibility index (Phi) is 3.98. The molecule has 1 N–H and O–H groups in total. The highest BCUT2D eigenvalue weighted by Gasteiger charge is 2.23. The monoisotopic (exact) mass is 291 g/mol. The molecule has 3 rings (SSSR count). The Morgan fingerprint density at radius 1 is 1.40 bits per heavy atom. The largest absolute Gasteiger partial charge is 0.389 e. The van der Waals surface area contributed by atoms with Crippen LogP contribution in [0.5, 0.6) is 0 Å². The molecule has 0 unspecified atom stereocenters. The van der Waals surface area contributed by atoms with Crippen LogP contribution in [0.3, 0.4) is 0 Å². The number of aromatic nitrogens is 5. The van der Waals surface area contributed by atoms with E-state index in [1.807, 2.05) is 16.8 Å². The number of aliphatic hydroxyl groups excluding tert-OH is 1. The standard InChI is InChI=1S/C13H17N5OS/c1-9(19)11-7-4-8-14-12(11)20-13-15-16-17-18(13)10-5-2-3-6-10/h4,7-10,19H,2-3,5-6H2,1H3/t9-/m1/s1. The Hall–Kier alpha value is -1.47. The molecule has 106 valence electrons. The highest BCUT2D eigenvalue weighted by Crippen LogP contribution is 2.35. The van der Waals surface area contributed by atoms with Crippen LogP contribution in [0.2, 0.25) is 0 Å². The summed E-state index contributed by atoms with van der Waals surface area (Å²) in [5.41, 5.74) is 0.804. The van der Waals surface area contributed by atoms with Gasteiger partial charge in [-0.1, -0.05) is 18.9 Å². The molecule has 1 saturated carbocycles. The van der Waals surface area contributed by atoms with Crippen molar-refractivity contribution in [1.82, 2.24) is 25.2 Å². The van der Waals surface area contributed by atoms with Crippen molar-refractivity contribution in [3.8, 4) is 0 Å². The predicted molar refractivity (Wildman–Crippen MR) is 74.3 cm³/mol. The summed E-state index contributed by atoms with van der Waals surface area (Å²) in [6.45, 7) is 1.74. The molecular weight excluding hydrogens is 274 g/mol. The highest BCUT2D eigenvalue weighted by molar-refractivity contribution is 7.99. The van der Waals surface area contributed by atoms with Crippen LogP contribution in [-0.2, 0) is 0 Å². The van der Waals surface area contributed by atoms with Gasteiger partial charge >= 0.3 is 0 Å². The summed E-state index contributed by atoms with van der Waals surface area (Å²) in [6, 6.07) is 4.10. The minimum atomic E-state index is -0.554. The van der Waals surface area contributed by atoms with Crippen LogP contribution in [-0.4, -0.2) is 30.3 Å². The van der Waals surface area contributed by atoms with Crippen LogP contribution in [0.15, 0.2) is 28.5 Å². The van der Waals surface area contributed by atoms with Crippen molar-refractivity contribution in [1.29, 1.82) is 0 Å². The van der Waals surface area contributed by atoms with E-state index >= 15 is 0 Å². The van der Waals surface area contributed by atoms with Crippen LogP contribution in [0.25, 0.3) is 0 Å². The van der Waals surface area contributed by atoms with Crippen molar-refractivity contribution in [2.75, 3.05) is 0 Å². The van der Waals surface area contributed by atoms with Crippen LogP contribution in [0.4, 0.5) is 0 Å². The van der Waals surface area contributed by atoms with Crippen LogP contribution in [0.1, 0.15) is 50.3 Å². The number of rotatable bonds is 4. The van der Waals surface area contributed by atoms with Gasteiger partial charge < -0.3 is 5.11 Å². The van der Waals surface area contributed by atoms with E-state index in [-0.39, 0.29) is 0 Å². The number of nitrogens with zero attached hydrogens (tertiary/aromatic N) is 5. The third-order valence-electron chi connectivity index (χ3n) is 3.57. The Morgan fingerprint density at radius 3 is 2.95 bits per heavy atom. The van der Waals surface area contributed by atoms with Crippen LogP contribution in [0, 0.1) is 0 Å². The fraction of sp³-hybridized carbons (Fsp3) is 0.538. The van der Waals surface area contributed by atoms with Gasteiger partial charge in [0.15, 0.2) is 0 Å². The fourth-order valence-corrected chi connectivity index (χ4v) is 3.52. The third kappa shape index (κ3) is 2.69. The second kappa shape index (κ2) is 5.88. The van der Waals surface area contributed by atoms with Crippen LogP contribution < -0.4 is 0 Å². The fourth-order valence-electron chi connectivity index (χ4n) is 2.52. The summed E-state index contributed by atoms with van der Waals surface area (Å²) in [7, 11) is 0. The van der Waals surface area contributed by atoms with E-state index in [2.05, 4.69) is 20.5 Å². The lowest BCUT2D eigenvalue weighted by Gasteiger charge is -2.12. The first-order valence-corrected chi connectivity index (χ1v) is 7.66. The third-order valence-corrected chi connectivity index (χ3v) is 4.56. The molecule has 1 aliphatic carbocycles. The van der Waals surface area contributed by atoms with Crippen LogP contribution >= 0.6 is 11.8 Å². The summed E-state index contributed by atoms with van der Waals surface area (Å²) in [5, 5.41) is 23.3. The van der Waals surface area contributed by atoms with Gasteiger partial charge in [0.2, 0.25) is 5.16 Å². The van der Waals surface area contributed by atoms with E-state index in [0.29, 0.717) is 6.04 Å². The maximum Gasteiger partial charge on any atom is 0.215 e. The molecule has 0 aromatic carbocycles. The Balaban J connectivity index is 1.87. The number of pyridine rings is 1. The van der Waals surface area contributed by atoms with Gasteiger partial charge in [-0.3, -0.25) is 0 Å². The summed E-state index contributed by atoms with van der Waals surface area (Å²) in [5.74, 6) is 0. The molecule has 0 bridgehead atoms. The average molecular weight is 291 g/mol. The van der Waals surface area contributed by atoms with Gasteiger partial charge in [0, 0.05) is 11.8 Å². The lowest BCUT2D eigenvalue weighted by atomic mass is 10.2. The Bertz CT molecular complexity index is 580. The molecule has 0 saturated heterocycles. The van der Waals surface area contributed by atoms with Gasteiger partial charge in [0.25, 0.3) is 0 Å². The summed E-state index contributed by atoms with van der Waals surface area (Å²) in [6.07, 6.45) is 5.89. The first kappa shape index (κ1) is 13.5. The van der Waals surface area contributed by atoms with Gasteiger partial charge in [-0.2, -0.15) is 0 Å². The van der Waals surface area contributed by atoms with Crippen molar-refractivity contribution >= 4 is 11.8 Å². The molecule has 0 radical (unpaired) electrons. The van der Waals surface area contributed by atoms with Crippen molar-refractivity contribution in [3.05, 3.63) is 23.9 Å². The van der Waals surface area contributed by atoms with Gasteiger partial charge in [0.05, 0.1) is 12.1 Å². The number of hydrogen-bond acceptors (Lipinski definition) is 6. The number of tetrazole rings is 1. The lowest BCUT2D eigenvalue weighted by Crippen LogP contribution is -2.08. The molecule has 6 nitrogen and oxygen atoms in total. The van der Waals surface area contributed by atoms with E-state index in [0.717, 1.165) is 28.6 Å². The zero-order chi connectivity index (χ0) is 13.9. The SMILES string of the molecule is C[C@@H](O)c1cccnc1Sc1nnnn1C1CCCC1. The molecule has 1 fully saturated rings. The summed E-state index contributed by atoms with van der Waals surface area (Å²) >= 11 is 1.42. The molecule has 1 atom stereocenters. The van der Waals surface area contributed by atoms with E-state index in [4.69, 9.17) is 0 Å². The zero-order valence-corrected chi connectivity index (χ0v) is 12.1. The number of aliphatic hydroxyl groups is 1. The lowest BCUT2D eigenvalue weighted by molar-refractivity contribution is 0.195. The van der Waals surface area contributed by atoms with Gasteiger partial charge in [-0.15, -0.1) is 5.10 Å². The van der Waals surface area contributed by atoms with Gasteiger partial charge in [-0.25, -0.2) is 9.67 Å². The van der Waals surface area contributed by atoms with E-state index in [1.165, 1.54) is 24.6 Å². The predicted octanol–water partition coefficient (Wildman–Crippen LogP) is 2.39. The first-order valence-electron chi connectivity index (χ1n) is 6.84. The molecule has 0 amide bonds. The molecule has 7 heteroatoms. The highest BCUT2D eigenvalue weighted by atomic mass is 32.2. The Labute approximate surface area is 121 Å². The first-order chi connectivity index (χ1) is 9.75. The van der Waals surface area contributed by atoms with Crippen molar-refractivity contribution < 1.29 is 5.11 Å². The second-order valence-electron chi connectivity index (χ2n) is 5.02. The van der Waals surface area contributed by atoms with Crippen molar-refractivity contribution in [2.24, 2.45) is 0 Å². The molecule has 0 aliphatic heterocycles. The molecule has 1 aliphatic rings. The van der Waals surface area contributed by atoms with E-state index in [9.17, 15) is 5.11 Å². The molecule has 2 aromatic heterocycles. The topological polar surface area (TPSA) is 76.7 Å². The molecule has 20 heavy (non-hydrogen) atoms. The zero-order valence-electron chi connectivity index (χ0n) is 11.3. The normalized spacial score (nSPS) is 17.5. The number of hydrogen-bond donors (Lipinski definition) is 1. The summed E-state index contributed by atoms with van der Waals surface area (Å²) in [4.78, 5) is 4.34. The summed E-state index contributed by atoms with van der Waals surface area (Å²) < 4.78 is 1.90. The molecule has 2 heterocycles. The van der Waals surface area contributed by atoms with Crippen molar-refractivity contribution in [3.63, 3.8) is 0 Å².